The number of aliphatic hydroxyl groups is 1. The minimum atomic E-state index is -0.839. The van der Waals surface area contributed by atoms with E-state index in [1.165, 1.54) is 11.3 Å². The number of nitrogens with zero attached hydrogens (tertiary/aromatic N) is 1. The van der Waals surface area contributed by atoms with Crippen molar-refractivity contribution < 1.29 is 9.90 Å². The molecule has 0 bridgehead atoms. The molecular weight excluding hydrogens is 274 g/mol. The number of fused-ring (bicyclic) bond motifs is 1. The standard InChI is InChI=1S/C14H19N3O2S/c1-3-14(19,4-2)8-16-12(18)9-5-6-10-11(7-9)20-13(15)17-10/h5-7,19H,3-4,8H2,1-2H3,(H2,15,17)(H,16,18). The number of amides is 1. The Kier molecular flexibility index (Phi) is 4.25. The molecular formula is C14H19N3O2S. The van der Waals surface area contributed by atoms with Crippen LogP contribution in [-0.2, 0) is 0 Å². The highest BCUT2D eigenvalue weighted by atomic mass is 32.1. The number of thiazole rings is 1. The first kappa shape index (κ1) is 14.7. The van der Waals surface area contributed by atoms with Crippen molar-refractivity contribution in [1.29, 1.82) is 0 Å². The van der Waals surface area contributed by atoms with Gasteiger partial charge in [0.05, 0.1) is 15.8 Å². The fourth-order valence-electron chi connectivity index (χ4n) is 1.93. The predicted molar refractivity (Wildman–Crippen MR) is 81.9 cm³/mol. The van der Waals surface area contributed by atoms with Crippen molar-refractivity contribution in [2.24, 2.45) is 0 Å². The number of benzene rings is 1. The third-order valence-electron chi connectivity index (χ3n) is 3.56. The van der Waals surface area contributed by atoms with Gasteiger partial charge in [0.2, 0.25) is 0 Å². The molecule has 0 aliphatic carbocycles. The van der Waals surface area contributed by atoms with Gasteiger partial charge in [-0.15, -0.1) is 0 Å². The van der Waals surface area contributed by atoms with Crippen molar-refractivity contribution in [2.75, 3.05) is 12.3 Å². The lowest BCUT2D eigenvalue weighted by Crippen LogP contribution is -2.42. The predicted octanol–water partition coefficient (Wildman–Crippen LogP) is 2.16. The van der Waals surface area contributed by atoms with Gasteiger partial charge in [0.25, 0.3) is 5.91 Å². The lowest BCUT2D eigenvalue weighted by atomic mass is 9.97. The van der Waals surface area contributed by atoms with Gasteiger partial charge in [-0.25, -0.2) is 4.98 Å². The Morgan fingerprint density at radius 2 is 2.15 bits per heavy atom. The Labute approximate surface area is 121 Å². The molecule has 1 heterocycles. The van der Waals surface area contributed by atoms with Crippen molar-refractivity contribution in [2.45, 2.75) is 32.3 Å². The fourth-order valence-corrected chi connectivity index (χ4v) is 2.70. The largest absolute Gasteiger partial charge is 0.388 e. The first-order chi connectivity index (χ1) is 9.47. The van der Waals surface area contributed by atoms with E-state index in [0.717, 1.165) is 10.2 Å². The summed E-state index contributed by atoms with van der Waals surface area (Å²) < 4.78 is 0.886. The molecule has 2 rings (SSSR count). The van der Waals surface area contributed by atoms with Gasteiger partial charge in [-0.3, -0.25) is 4.79 Å². The van der Waals surface area contributed by atoms with Gasteiger partial charge in [-0.2, -0.15) is 0 Å². The molecule has 1 aromatic heterocycles. The molecule has 0 aliphatic heterocycles. The zero-order valence-corrected chi connectivity index (χ0v) is 12.5. The van der Waals surface area contributed by atoms with E-state index < -0.39 is 5.60 Å². The van der Waals surface area contributed by atoms with Gasteiger partial charge in [0, 0.05) is 12.1 Å². The van der Waals surface area contributed by atoms with Crippen LogP contribution in [-0.4, -0.2) is 28.1 Å². The van der Waals surface area contributed by atoms with Crippen LogP contribution in [0.25, 0.3) is 10.2 Å². The monoisotopic (exact) mass is 293 g/mol. The smallest absolute Gasteiger partial charge is 0.251 e. The lowest BCUT2D eigenvalue weighted by Gasteiger charge is -2.25. The number of rotatable bonds is 5. The summed E-state index contributed by atoms with van der Waals surface area (Å²) in [6.07, 6.45) is 1.21. The molecule has 0 radical (unpaired) electrons. The van der Waals surface area contributed by atoms with E-state index in [1.807, 2.05) is 13.8 Å². The second-order valence-corrected chi connectivity index (χ2v) is 5.91. The number of carbonyl (C=O) groups excluding carboxylic acids is 1. The maximum atomic E-state index is 12.1. The summed E-state index contributed by atoms with van der Waals surface area (Å²) in [7, 11) is 0. The average molecular weight is 293 g/mol. The number of hydrogen-bond donors (Lipinski definition) is 3. The quantitative estimate of drug-likeness (QED) is 0.788. The summed E-state index contributed by atoms with van der Waals surface area (Å²) in [4.78, 5) is 16.3. The fraction of sp³-hybridized carbons (Fsp3) is 0.429. The lowest BCUT2D eigenvalue weighted by molar-refractivity contribution is 0.0314. The van der Waals surface area contributed by atoms with Crippen LogP contribution in [0.15, 0.2) is 18.2 Å². The second kappa shape index (κ2) is 5.76. The van der Waals surface area contributed by atoms with Gasteiger partial charge in [0.1, 0.15) is 0 Å². The molecule has 0 spiro atoms. The average Bonchev–Trinajstić information content (AvgIpc) is 2.83. The highest BCUT2D eigenvalue weighted by Gasteiger charge is 2.23. The third-order valence-corrected chi connectivity index (χ3v) is 4.41. The molecule has 6 heteroatoms. The first-order valence-corrected chi connectivity index (χ1v) is 7.45. The summed E-state index contributed by atoms with van der Waals surface area (Å²) in [5, 5.41) is 13.4. The van der Waals surface area contributed by atoms with Gasteiger partial charge in [0.15, 0.2) is 5.13 Å². The minimum absolute atomic E-state index is 0.195. The molecule has 1 amide bonds. The SMILES string of the molecule is CCC(O)(CC)CNC(=O)c1ccc2nc(N)sc2c1. The van der Waals surface area contributed by atoms with Crippen LogP contribution in [0.3, 0.4) is 0 Å². The molecule has 108 valence electrons. The number of hydrogen-bond acceptors (Lipinski definition) is 5. The Morgan fingerprint density at radius 1 is 1.45 bits per heavy atom. The molecule has 20 heavy (non-hydrogen) atoms. The number of anilines is 1. The molecule has 2 aromatic rings. The van der Waals surface area contributed by atoms with Crippen LogP contribution in [0.1, 0.15) is 37.0 Å². The van der Waals surface area contributed by atoms with Crippen molar-refractivity contribution in [3.63, 3.8) is 0 Å². The summed E-state index contributed by atoms with van der Waals surface area (Å²) in [6.45, 7) is 4.06. The van der Waals surface area contributed by atoms with Crippen molar-refractivity contribution in [3.8, 4) is 0 Å². The Bertz CT molecular complexity index is 620. The Morgan fingerprint density at radius 3 is 2.80 bits per heavy atom. The van der Waals surface area contributed by atoms with E-state index in [2.05, 4.69) is 10.3 Å². The number of carbonyl (C=O) groups is 1. The molecule has 0 unspecified atom stereocenters. The van der Waals surface area contributed by atoms with Gasteiger partial charge in [-0.05, 0) is 31.0 Å². The summed E-state index contributed by atoms with van der Waals surface area (Å²) in [5.74, 6) is -0.195. The van der Waals surface area contributed by atoms with E-state index in [9.17, 15) is 9.90 Å². The number of nitrogens with two attached hydrogens (primary N) is 1. The maximum absolute atomic E-state index is 12.1. The third kappa shape index (κ3) is 3.08. The van der Waals surface area contributed by atoms with Gasteiger partial charge in [-0.1, -0.05) is 25.2 Å². The minimum Gasteiger partial charge on any atom is -0.388 e. The molecule has 0 aliphatic rings. The Hall–Kier alpha value is -1.66. The van der Waals surface area contributed by atoms with E-state index in [-0.39, 0.29) is 12.5 Å². The first-order valence-electron chi connectivity index (χ1n) is 6.64. The summed E-state index contributed by atoms with van der Waals surface area (Å²) in [6, 6.07) is 5.27. The van der Waals surface area contributed by atoms with Crippen LogP contribution < -0.4 is 11.1 Å². The molecule has 0 saturated heterocycles. The van der Waals surface area contributed by atoms with Crippen molar-refractivity contribution in [1.82, 2.24) is 10.3 Å². The molecule has 0 saturated carbocycles. The zero-order chi connectivity index (χ0) is 14.8. The van der Waals surface area contributed by atoms with Crippen LogP contribution in [0.5, 0.6) is 0 Å². The van der Waals surface area contributed by atoms with Crippen LogP contribution in [0.2, 0.25) is 0 Å². The van der Waals surface area contributed by atoms with Crippen molar-refractivity contribution in [3.05, 3.63) is 23.8 Å². The van der Waals surface area contributed by atoms with Crippen LogP contribution in [0, 0.1) is 0 Å². The molecule has 4 N–H and O–H groups in total. The molecule has 5 nitrogen and oxygen atoms in total. The summed E-state index contributed by atoms with van der Waals surface area (Å²) >= 11 is 1.35. The molecule has 1 aromatic carbocycles. The highest BCUT2D eigenvalue weighted by Crippen LogP contribution is 2.24. The van der Waals surface area contributed by atoms with E-state index in [0.29, 0.717) is 23.5 Å². The van der Waals surface area contributed by atoms with Crippen molar-refractivity contribution >= 4 is 32.6 Å². The van der Waals surface area contributed by atoms with E-state index in [4.69, 9.17) is 5.73 Å². The Balaban J connectivity index is 2.11. The molecule has 0 atom stereocenters. The topological polar surface area (TPSA) is 88.2 Å². The number of nitrogens with one attached hydrogen (secondary N) is 1. The second-order valence-electron chi connectivity index (χ2n) is 4.85. The van der Waals surface area contributed by atoms with Gasteiger partial charge < -0.3 is 16.2 Å². The summed E-state index contributed by atoms with van der Waals surface area (Å²) in [5.41, 5.74) is 6.15. The maximum Gasteiger partial charge on any atom is 0.251 e. The highest BCUT2D eigenvalue weighted by molar-refractivity contribution is 7.22. The zero-order valence-electron chi connectivity index (χ0n) is 11.6. The number of nitrogen functional groups attached to an aromatic ring is 1. The van der Waals surface area contributed by atoms with E-state index in [1.54, 1.807) is 18.2 Å². The van der Waals surface area contributed by atoms with Crippen LogP contribution in [0.4, 0.5) is 5.13 Å². The van der Waals surface area contributed by atoms with E-state index >= 15 is 0 Å². The van der Waals surface area contributed by atoms with Gasteiger partial charge >= 0.3 is 0 Å². The normalized spacial score (nSPS) is 11.8. The van der Waals surface area contributed by atoms with Crippen LogP contribution >= 0.6 is 11.3 Å². The number of aromatic nitrogens is 1. The molecule has 0 fully saturated rings.